The van der Waals surface area contributed by atoms with E-state index in [2.05, 4.69) is 44.8 Å². The number of carbonyl (C=O) groups is 1. The molecule has 22 heavy (non-hydrogen) atoms. The lowest BCUT2D eigenvalue weighted by atomic mass is 9.78. The first-order chi connectivity index (χ1) is 10.2. The number of nitrogens with zero attached hydrogens (tertiary/aromatic N) is 1. The molecule has 1 amide bonds. The van der Waals surface area contributed by atoms with E-state index >= 15 is 0 Å². The number of amides is 1. The van der Waals surface area contributed by atoms with E-state index in [0.717, 1.165) is 51.7 Å². The average Bonchev–Trinajstić information content (AvgIpc) is 2.89. The molecule has 0 bridgehead atoms. The SMILES string of the molecule is CCCCN(C(=O)C1CCCO1)C1CC(C)(C)NC(C)(C)C1. The molecule has 2 saturated heterocycles. The fourth-order valence-corrected chi connectivity index (χ4v) is 4.25. The number of carbonyl (C=O) groups excluding carboxylic acids is 1. The van der Waals surface area contributed by atoms with Crippen LogP contribution in [0, 0.1) is 0 Å². The van der Waals surface area contributed by atoms with Crippen molar-refractivity contribution in [2.45, 2.75) is 96.4 Å². The van der Waals surface area contributed by atoms with Gasteiger partial charge in [-0.05, 0) is 59.8 Å². The second kappa shape index (κ2) is 6.88. The van der Waals surface area contributed by atoms with Gasteiger partial charge in [0.15, 0.2) is 0 Å². The first kappa shape index (κ1) is 17.7. The lowest BCUT2D eigenvalue weighted by Gasteiger charge is -2.50. The molecular weight excluding hydrogens is 276 g/mol. The van der Waals surface area contributed by atoms with Crippen molar-refractivity contribution in [2.75, 3.05) is 13.2 Å². The van der Waals surface area contributed by atoms with Gasteiger partial charge < -0.3 is 15.0 Å². The summed E-state index contributed by atoms with van der Waals surface area (Å²) >= 11 is 0. The minimum absolute atomic E-state index is 0.0632. The Morgan fingerprint density at radius 1 is 1.23 bits per heavy atom. The van der Waals surface area contributed by atoms with Gasteiger partial charge in [-0.3, -0.25) is 4.79 Å². The molecule has 0 radical (unpaired) electrons. The number of hydrogen-bond acceptors (Lipinski definition) is 3. The summed E-state index contributed by atoms with van der Waals surface area (Å²) in [5, 5.41) is 3.71. The summed E-state index contributed by atoms with van der Waals surface area (Å²) in [5.41, 5.74) is 0.126. The zero-order valence-electron chi connectivity index (χ0n) is 15.1. The van der Waals surface area contributed by atoms with Crippen LogP contribution in [0.3, 0.4) is 0 Å². The first-order valence-corrected chi connectivity index (χ1v) is 8.95. The number of hydrogen-bond donors (Lipinski definition) is 1. The lowest BCUT2D eigenvalue weighted by molar-refractivity contribution is -0.145. The van der Waals surface area contributed by atoms with Crippen LogP contribution in [0.1, 0.15) is 73.1 Å². The van der Waals surface area contributed by atoms with Gasteiger partial charge in [-0.25, -0.2) is 0 Å². The quantitative estimate of drug-likeness (QED) is 0.848. The molecule has 2 heterocycles. The largest absolute Gasteiger partial charge is 0.368 e. The Morgan fingerprint density at radius 3 is 2.36 bits per heavy atom. The van der Waals surface area contributed by atoms with Crippen LogP contribution in [0.2, 0.25) is 0 Å². The molecule has 2 rings (SSSR count). The molecule has 2 aliphatic rings. The highest BCUT2D eigenvalue weighted by molar-refractivity contribution is 5.81. The Kier molecular flexibility index (Phi) is 5.54. The number of nitrogens with one attached hydrogen (secondary N) is 1. The van der Waals surface area contributed by atoms with E-state index in [9.17, 15) is 4.79 Å². The van der Waals surface area contributed by atoms with Gasteiger partial charge in [-0.15, -0.1) is 0 Å². The third-order valence-electron chi connectivity index (χ3n) is 4.85. The van der Waals surface area contributed by atoms with Crippen LogP contribution in [0.5, 0.6) is 0 Å². The van der Waals surface area contributed by atoms with Crippen LogP contribution in [0.4, 0.5) is 0 Å². The summed E-state index contributed by atoms with van der Waals surface area (Å²) in [7, 11) is 0. The van der Waals surface area contributed by atoms with Crippen LogP contribution in [0.15, 0.2) is 0 Å². The molecule has 1 atom stereocenters. The maximum Gasteiger partial charge on any atom is 0.251 e. The Labute approximate surface area is 136 Å². The molecule has 0 aromatic carbocycles. The van der Waals surface area contributed by atoms with Gasteiger partial charge >= 0.3 is 0 Å². The van der Waals surface area contributed by atoms with Crippen molar-refractivity contribution >= 4 is 5.91 Å². The number of ether oxygens (including phenoxy) is 1. The summed E-state index contributed by atoms with van der Waals surface area (Å²) in [4.78, 5) is 15.1. The molecule has 1 unspecified atom stereocenters. The highest BCUT2D eigenvalue weighted by Gasteiger charge is 2.42. The van der Waals surface area contributed by atoms with Crippen LogP contribution in [0.25, 0.3) is 0 Å². The molecule has 0 aromatic rings. The lowest BCUT2D eigenvalue weighted by Crippen LogP contribution is -2.63. The molecule has 0 aliphatic carbocycles. The van der Waals surface area contributed by atoms with Crippen LogP contribution in [-0.4, -0.2) is 47.2 Å². The highest BCUT2D eigenvalue weighted by Crippen LogP contribution is 2.32. The molecular formula is C18H34N2O2. The predicted octanol–water partition coefficient (Wildman–Crippen LogP) is 3.10. The molecule has 4 nitrogen and oxygen atoms in total. The van der Waals surface area contributed by atoms with Gasteiger partial charge in [-0.1, -0.05) is 13.3 Å². The summed E-state index contributed by atoms with van der Waals surface area (Å²) in [6.45, 7) is 12.8. The smallest absolute Gasteiger partial charge is 0.251 e. The van der Waals surface area contributed by atoms with Crippen molar-refractivity contribution < 1.29 is 9.53 Å². The van der Waals surface area contributed by atoms with E-state index in [1.807, 2.05) is 0 Å². The summed E-state index contributed by atoms with van der Waals surface area (Å²) in [6.07, 6.45) is 5.92. The van der Waals surface area contributed by atoms with Crippen LogP contribution in [-0.2, 0) is 9.53 Å². The second-order valence-electron chi connectivity index (χ2n) is 8.34. The summed E-state index contributed by atoms with van der Waals surface area (Å²) < 4.78 is 5.66. The monoisotopic (exact) mass is 310 g/mol. The Morgan fingerprint density at radius 2 is 1.86 bits per heavy atom. The maximum absolute atomic E-state index is 13.0. The van der Waals surface area contributed by atoms with Gasteiger partial charge in [0.2, 0.25) is 0 Å². The van der Waals surface area contributed by atoms with Gasteiger partial charge in [-0.2, -0.15) is 0 Å². The molecule has 4 heteroatoms. The van der Waals surface area contributed by atoms with Gasteiger partial charge in [0, 0.05) is 30.3 Å². The van der Waals surface area contributed by atoms with Crippen molar-refractivity contribution in [1.82, 2.24) is 10.2 Å². The molecule has 2 fully saturated rings. The maximum atomic E-state index is 13.0. The van der Waals surface area contributed by atoms with E-state index in [-0.39, 0.29) is 23.1 Å². The van der Waals surface area contributed by atoms with Crippen molar-refractivity contribution in [3.63, 3.8) is 0 Å². The van der Waals surface area contributed by atoms with Gasteiger partial charge in [0.1, 0.15) is 6.10 Å². The third-order valence-corrected chi connectivity index (χ3v) is 4.85. The zero-order chi connectivity index (χ0) is 16.4. The van der Waals surface area contributed by atoms with E-state index in [1.165, 1.54) is 0 Å². The fraction of sp³-hybridized carbons (Fsp3) is 0.944. The zero-order valence-corrected chi connectivity index (χ0v) is 15.1. The van der Waals surface area contributed by atoms with Crippen molar-refractivity contribution in [3.8, 4) is 0 Å². The second-order valence-corrected chi connectivity index (χ2v) is 8.34. The molecule has 0 spiro atoms. The number of piperidine rings is 1. The van der Waals surface area contributed by atoms with Gasteiger partial charge in [0.25, 0.3) is 5.91 Å². The summed E-state index contributed by atoms with van der Waals surface area (Å²) in [6, 6.07) is 0.314. The van der Waals surface area contributed by atoms with E-state index < -0.39 is 0 Å². The van der Waals surface area contributed by atoms with E-state index in [0.29, 0.717) is 6.04 Å². The number of rotatable bonds is 5. The Hall–Kier alpha value is -0.610. The van der Waals surface area contributed by atoms with Crippen molar-refractivity contribution in [3.05, 3.63) is 0 Å². The minimum Gasteiger partial charge on any atom is -0.368 e. The summed E-state index contributed by atoms with van der Waals surface area (Å²) in [5.74, 6) is 0.226. The van der Waals surface area contributed by atoms with Crippen molar-refractivity contribution in [2.24, 2.45) is 0 Å². The average molecular weight is 310 g/mol. The molecule has 0 aromatic heterocycles. The van der Waals surface area contributed by atoms with Crippen molar-refractivity contribution in [1.29, 1.82) is 0 Å². The molecule has 0 saturated carbocycles. The minimum atomic E-state index is -0.196. The fourth-order valence-electron chi connectivity index (χ4n) is 4.25. The third kappa shape index (κ3) is 4.45. The van der Waals surface area contributed by atoms with Gasteiger partial charge in [0.05, 0.1) is 0 Å². The topological polar surface area (TPSA) is 41.6 Å². The first-order valence-electron chi connectivity index (χ1n) is 8.95. The standard InChI is InChI=1S/C18H34N2O2/c1-6-7-10-20(16(21)15-9-8-11-22-15)14-12-17(2,3)19-18(4,5)13-14/h14-15,19H,6-13H2,1-5H3. The molecule has 2 aliphatic heterocycles. The van der Waals surface area contributed by atoms with Crippen LogP contribution < -0.4 is 5.32 Å². The van der Waals surface area contributed by atoms with E-state index in [1.54, 1.807) is 0 Å². The number of unbranched alkanes of at least 4 members (excludes halogenated alkanes) is 1. The Bertz CT molecular complexity index is 371. The molecule has 128 valence electrons. The Balaban J connectivity index is 2.14. The van der Waals surface area contributed by atoms with E-state index in [4.69, 9.17) is 4.74 Å². The molecule has 1 N–H and O–H groups in total. The van der Waals surface area contributed by atoms with Crippen LogP contribution >= 0.6 is 0 Å². The predicted molar refractivity (Wildman–Crippen MR) is 89.9 cm³/mol. The normalized spacial score (nSPS) is 27.8. The highest BCUT2D eigenvalue weighted by atomic mass is 16.5.